The van der Waals surface area contributed by atoms with Crippen LogP contribution < -0.4 is 16.2 Å². The van der Waals surface area contributed by atoms with Gasteiger partial charge in [0.2, 0.25) is 11.7 Å². The molecule has 53 heavy (non-hydrogen) atoms. The zero-order valence-electron chi connectivity index (χ0n) is 28.2. The van der Waals surface area contributed by atoms with Crippen LogP contribution in [0.25, 0.3) is 5.78 Å². The molecule has 1 unspecified atom stereocenters. The summed E-state index contributed by atoms with van der Waals surface area (Å²) in [5, 5.41) is 19.8. The molecule has 3 atom stereocenters. The summed E-state index contributed by atoms with van der Waals surface area (Å²) in [5.74, 6) is -1.00. The summed E-state index contributed by atoms with van der Waals surface area (Å²) in [7, 11) is 1.51. The van der Waals surface area contributed by atoms with Crippen molar-refractivity contribution in [1.82, 2.24) is 39.3 Å². The van der Waals surface area contributed by atoms with E-state index >= 15 is 0 Å². The minimum Gasteiger partial charge on any atom is -0.505 e. The number of hydrogen-bond donors (Lipinski definition) is 3. The van der Waals surface area contributed by atoms with Crippen LogP contribution in [0, 0.1) is 5.92 Å². The van der Waals surface area contributed by atoms with Gasteiger partial charge in [-0.05, 0) is 61.9 Å². The number of halogens is 4. The molecule has 2 aliphatic carbocycles. The molecule has 18 heteroatoms. The van der Waals surface area contributed by atoms with E-state index in [1.54, 1.807) is 14.4 Å². The first-order valence-electron chi connectivity index (χ1n) is 17.1. The van der Waals surface area contributed by atoms with Gasteiger partial charge in [0.05, 0.1) is 22.3 Å². The summed E-state index contributed by atoms with van der Waals surface area (Å²) < 4.78 is 42.6. The first-order chi connectivity index (χ1) is 25.3. The molecule has 8 rings (SSSR count). The van der Waals surface area contributed by atoms with E-state index in [9.17, 15) is 37.5 Å². The third-order valence-electron chi connectivity index (χ3n) is 10.9. The highest BCUT2D eigenvalue weighted by atomic mass is 35.5. The molecule has 4 amide bonds. The number of aromatic nitrogens is 5. The highest BCUT2D eigenvalue weighted by molar-refractivity contribution is 6.33. The number of amides is 4. The zero-order chi connectivity index (χ0) is 37.4. The van der Waals surface area contributed by atoms with Crippen molar-refractivity contribution in [2.45, 2.75) is 55.8 Å². The predicted molar refractivity (Wildman–Crippen MR) is 184 cm³/mol. The highest BCUT2D eigenvalue weighted by Crippen LogP contribution is 2.67. The molecule has 1 saturated carbocycles. The zero-order valence-corrected chi connectivity index (χ0v) is 29.0. The summed E-state index contributed by atoms with van der Waals surface area (Å²) >= 11 is 6.16. The van der Waals surface area contributed by atoms with E-state index in [0.29, 0.717) is 43.6 Å². The lowest BCUT2D eigenvalue weighted by Gasteiger charge is -2.41. The van der Waals surface area contributed by atoms with Gasteiger partial charge in [0.25, 0.3) is 11.5 Å². The van der Waals surface area contributed by atoms with E-state index in [1.165, 1.54) is 29.9 Å². The van der Waals surface area contributed by atoms with Crippen molar-refractivity contribution in [3.63, 3.8) is 0 Å². The van der Waals surface area contributed by atoms with Crippen LogP contribution in [0.2, 0.25) is 5.02 Å². The molecular weight excluding hydrogens is 719 g/mol. The van der Waals surface area contributed by atoms with Crippen LogP contribution in [0.15, 0.2) is 53.5 Å². The van der Waals surface area contributed by atoms with E-state index in [-0.39, 0.29) is 64.7 Å². The van der Waals surface area contributed by atoms with Gasteiger partial charge in [0, 0.05) is 55.5 Å². The van der Waals surface area contributed by atoms with E-state index < -0.39 is 40.6 Å². The van der Waals surface area contributed by atoms with Crippen molar-refractivity contribution in [1.29, 1.82) is 0 Å². The maximum Gasteiger partial charge on any atom is 0.416 e. The van der Waals surface area contributed by atoms with Crippen molar-refractivity contribution >= 4 is 40.9 Å². The number of piperidine rings is 1. The first-order valence-corrected chi connectivity index (χ1v) is 17.5. The van der Waals surface area contributed by atoms with Gasteiger partial charge in [0.15, 0.2) is 11.5 Å². The highest BCUT2D eigenvalue weighted by Gasteiger charge is 2.64. The first kappa shape index (κ1) is 34.6. The number of pyridine rings is 1. The van der Waals surface area contributed by atoms with Crippen molar-refractivity contribution < 1.29 is 32.7 Å². The Bertz CT molecular complexity index is 2280. The quantitative estimate of drug-likeness (QED) is 0.255. The van der Waals surface area contributed by atoms with Gasteiger partial charge in [-0.3, -0.25) is 14.4 Å². The van der Waals surface area contributed by atoms with E-state index in [1.807, 2.05) is 12.2 Å². The van der Waals surface area contributed by atoms with Gasteiger partial charge in [-0.1, -0.05) is 23.8 Å². The Labute approximate surface area is 304 Å². The summed E-state index contributed by atoms with van der Waals surface area (Å²) in [6.07, 6.45) is 2.55. The molecule has 14 nitrogen and oxygen atoms in total. The van der Waals surface area contributed by atoms with Crippen LogP contribution in [0.5, 0.6) is 5.75 Å². The largest absolute Gasteiger partial charge is 0.505 e. The van der Waals surface area contributed by atoms with Crippen LogP contribution >= 0.6 is 11.6 Å². The number of aromatic hydroxyl groups is 1. The minimum absolute atomic E-state index is 0.0208. The molecule has 1 saturated heterocycles. The second-order valence-corrected chi connectivity index (χ2v) is 14.2. The summed E-state index contributed by atoms with van der Waals surface area (Å²) in [5.41, 5.74) is -0.958. The standard InChI is InChI=1S/C35H33ClF3N9O5/c1-40-33(53)46-12-3-2-5-23(46)29-43-32-47(17-25(50)42-22-8-7-18(15-21(22)36)35(37,38)39)28-19-16-20(19)34(26(28)30(51)48(32)44-29)9-13-45(14-10-34)31(52)27-24(49)6-4-11-41-27/h2-4,6-8,11,15,19-20,23,49H,5,9-10,12-14,16-17H2,1H3,(H,40,53)(H,42,50)/t19-,20+,23?/m0/s1. The van der Waals surface area contributed by atoms with Gasteiger partial charge in [-0.25, -0.2) is 9.78 Å². The number of likely N-dealkylation sites (tertiary alicyclic amines) is 1. The topological polar surface area (TPSA) is 167 Å². The SMILES string of the molecule is CNC(=O)N1CC=CCC1c1nc2n(CC(=O)Nc3ccc(C(F)(F)F)cc3Cl)c3c(c(=O)n2n1)C1(CCN(C(=O)c2ncccc2O)CC1)[C@@H]1C[C@H]31. The van der Waals surface area contributed by atoms with E-state index in [0.717, 1.165) is 24.6 Å². The number of nitrogens with zero attached hydrogens (tertiary/aromatic N) is 7. The summed E-state index contributed by atoms with van der Waals surface area (Å²) in [6, 6.07) is 4.60. The predicted octanol–water partition coefficient (Wildman–Crippen LogP) is 4.24. The number of urea groups is 1. The number of hydrogen-bond acceptors (Lipinski definition) is 8. The smallest absolute Gasteiger partial charge is 0.416 e. The molecule has 3 aromatic heterocycles. The molecule has 0 radical (unpaired) electrons. The second-order valence-electron chi connectivity index (χ2n) is 13.8. The van der Waals surface area contributed by atoms with Gasteiger partial charge < -0.3 is 30.1 Å². The molecule has 5 heterocycles. The Morgan fingerprint density at radius 2 is 1.91 bits per heavy atom. The fraction of sp³-hybridized carbons (Fsp3) is 0.400. The van der Waals surface area contributed by atoms with Gasteiger partial charge in [-0.15, -0.1) is 5.10 Å². The number of nitrogens with one attached hydrogen (secondary N) is 2. The Morgan fingerprint density at radius 1 is 1.13 bits per heavy atom. The molecule has 276 valence electrons. The van der Waals surface area contributed by atoms with Crippen LogP contribution in [-0.2, 0) is 22.9 Å². The van der Waals surface area contributed by atoms with Crippen molar-refractivity contribution in [3.05, 3.63) is 92.4 Å². The monoisotopic (exact) mass is 751 g/mol. The van der Waals surface area contributed by atoms with Crippen LogP contribution in [-0.4, -0.2) is 83.6 Å². The number of fused-ring (bicyclic) bond motifs is 6. The number of carbonyl (C=O) groups is 3. The van der Waals surface area contributed by atoms with Crippen molar-refractivity contribution in [3.8, 4) is 5.75 Å². The summed E-state index contributed by atoms with van der Waals surface area (Å²) in [4.78, 5) is 66.4. The Morgan fingerprint density at radius 3 is 2.60 bits per heavy atom. The number of carbonyl (C=O) groups excluding carboxylic acids is 3. The molecule has 4 aliphatic rings. The van der Waals surface area contributed by atoms with E-state index in [2.05, 4.69) is 20.7 Å². The molecule has 1 spiro atoms. The molecule has 1 aromatic carbocycles. The second kappa shape index (κ2) is 12.6. The average Bonchev–Trinajstić information content (AvgIpc) is 3.74. The van der Waals surface area contributed by atoms with Crippen molar-refractivity contribution in [2.75, 3.05) is 32.0 Å². The maximum atomic E-state index is 14.6. The third-order valence-corrected chi connectivity index (χ3v) is 11.2. The number of alkyl halides is 3. The maximum absolute atomic E-state index is 14.6. The third kappa shape index (κ3) is 5.68. The Hall–Kier alpha value is -5.45. The number of rotatable bonds is 5. The normalized spacial score (nSPS) is 21.4. The molecule has 2 aliphatic heterocycles. The van der Waals surface area contributed by atoms with Crippen molar-refractivity contribution in [2.24, 2.45) is 5.92 Å². The molecular formula is C35H33ClF3N9O5. The lowest BCUT2D eigenvalue weighted by molar-refractivity contribution is -0.137. The van der Waals surface area contributed by atoms with Crippen LogP contribution in [0.4, 0.5) is 23.7 Å². The number of anilines is 1. The fourth-order valence-corrected chi connectivity index (χ4v) is 8.61. The van der Waals surface area contributed by atoms with Gasteiger partial charge in [-0.2, -0.15) is 22.7 Å². The molecule has 2 fully saturated rings. The summed E-state index contributed by atoms with van der Waals surface area (Å²) in [6.45, 7) is 0.503. The Balaban J connectivity index is 1.19. The van der Waals surface area contributed by atoms with Crippen LogP contribution in [0.1, 0.15) is 70.8 Å². The molecule has 4 aromatic rings. The lowest BCUT2D eigenvalue weighted by Crippen LogP contribution is -2.48. The lowest BCUT2D eigenvalue weighted by atomic mass is 9.71. The van der Waals surface area contributed by atoms with Crippen LogP contribution in [0.3, 0.4) is 0 Å². The van der Waals surface area contributed by atoms with Gasteiger partial charge in [0.1, 0.15) is 12.3 Å². The fourth-order valence-electron chi connectivity index (χ4n) is 8.38. The number of benzene rings is 1. The molecule has 3 N–H and O–H groups in total. The van der Waals surface area contributed by atoms with Gasteiger partial charge >= 0.3 is 12.2 Å². The molecule has 0 bridgehead atoms. The average molecular weight is 752 g/mol. The Kier molecular flexibility index (Phi) is 8.23. The van der Waals surface area contributed by atoms with E-state index in [4.69, 9.17) is 16.6 Å². The minimum atomic E-state index is -4.62.